The van der Waals surface area contributed by atoms with Gasteiger partial charge in [-0.2, -0.15) is 0 Å². The van der Waals surface area contributed by atoms with Gasteiger partial charge in [-0.15, -0.1) is 0 Å². The number of hydrogen-bond acceptors (Lipinski definition) is 3. The van der Waals surface area contributed by atoms with Gasteiger partial charge in [-0.25, -0.2) is 13.2 Å². The SMILES string of the molecule is Cc1[nH]cc(NS(=O)(=O)CC2CCCCC2)c1C(=O)O. The summed E-state index contributed by atoms with van der Waals surface area (Å²) in [5, 5.41) is 9.10. The molecule has 0 amide bonds. The van der Waals surface area contributed by atoms with E-state index in [0.29, 0.717) is 5.69 Å². The molecule has 1 heterocycles. The molecule has 20 heavy (non-hydrogen) atoms. The van der Waals surface area contributed by atoms with Crippen molar-refractivity contribution in [3.8, 4) is 0 Å². The number of nitrogens with one attached hydrogen (secondary N) is 2. The van der Waals surface area contributed by atoms with Gasteiger partial charge in [0.2, 0.25) is 10.0 Å². The first-order chi connectivity index (χ1) is 9.39. The van der Waals surface area contributed by atoms with E-state index >= 15 is 0 Å². The minimum atomic E-state index is -3.51. The lowest BCUT2D eigenvalue weighted by molar-refractivity contribution is 0.0697. The molecule has 7 heteroatoms. The van der Waals surface area contributed by atoms with E-state index in [2.05, 4.69) is 9.71 Å². The highest BCUT2D eigenvalue weighted by atomic mass is 32.2. The highest BCUT2D eigenvalue weighted by Gasteiger charge is 2.24. The molecule has 1 fully saturated rings. The van der Waals surface area contributed by atoms with E-state index in [1.165, 1.54) is 12.6 Å². The van der Waals surface area contributed by atoms with Crippen molar-refractivity contribution < 1.29 is 18.3 Å². The second kappa shape index (κ2) is 5.87. The van der Waals surface area contributed by atoms with Crippen molar-refractivity contribution in [2.75, 3.05) is 10.5 Å². The number of H-pyrrole nitrogens is 1. The molecule has 1 aromatic rings. The second-order valence-electron chi connectivity index (χ2n) is 5.40. The molecule has 3 N–H and O–H groups in total. The number of aromatic nitrogens is 1. The van der Waals surface area contributed by atoms with Crippen LogP contribution in [0.3, 0.4) is 0 Å². The van der Waals surface area contributed by atoms with E-state index < -0.39 is 16.0 Å². The maximum Gasteiger partial charge on any atom is 0.339 e. The standard InChI is InChI=1S/C13H20N2O4S/c1-9-12(13(16)17)11(7-14-9)15-20(18,19)8-10-5-3-2-4-6-10/h7,10,14-15H,2-6,8H2,1H3,(H,16,17). The van der Waals surface area contributed by atoms with Crippen molar-refractivity contribution in [3.63, 3.8) is 0 Å². The molecule has 2 rings (SSSR count). The van der Waals surface area contributed by atoms with Crippen LogP contribution in [0.25, 0.3) is 0 Å². The lowest BCUT2D eigenvalue weighted by atomic mass is 9.91. The molecule has 0 atom stereocenters. The first-order valence-electron chi connectivity index (χ1n) is 6.81. The number of anilines is 1. The van der Waals surface area contributed by atoms with Gasteiger partial charge in [-0.05, 0) is 25.7 Å². The van der Waals surface area contributed by atoms with Gasteiger partial charge in [0, 0.05) is 11.9 Å². The van der Waals surface area contributed by atoms with Gasteiger partial charge in [0.1, 0.15) is 5.56 Å². The van der Waals surface area contributed by atoms with E-state index in [0.717, 1.165) is 25.7 Å². The lowest BCUT2D eigenvalue weighted by Gasteiger charge is -2.21. The van der Waals surface area contributed by atoms with Gasteiger partial charge in [0.15, 0.2) is 0 Å². The topological polar surface area (TPSA) is 99.3 Å². The monoisotopic (exact) mass is 300 g/mol. The van der Waals surface area contributed by atoms with E-state index in [1.807, 2.05) is 0 Å². The third kappa shape index (κ3) is 3.53. The smallest absolute Gasteiger partial charge is 0.339 e. The van der Waals surface area contributed by atoms with Crippen LogP contribution >= 0.6 is 0 Å². The molecule has 1 aliphatic rings. The number of sulfonamides is 1. The summed E-state index contributed by atoms with van der Waals surface area (Å²) < 4.78 is 26.7. The van der Waals surface area contributed by atoms with Crippen LogP contribution in [-0.4, -0.2) is 30.2 Å². The van der Waals surface area contributed by atoms with Gasteiger partial charge in [0.25, 0.3) is 0 Å². The van der Waals surface area contributed by atoms with Crippen LogP contribution in [0.5, 0.6) is 0 Å². The number of carboxylic acid groups (broad SMARTS) is 1. The summed E-state index contributed by atoms with van der Waals surface area (Å²) in [4.78, 5) is 13.9. The van der Waals surface area contributed by atoms with E-state index in [4.69, 9.17) is 5.11 Å². The summed E-state index contributed by atoms with van der Waals surface area (Å²) in [6, 6.07) is 0. The molecule has 0 bridgehead atoms. The number of carboxylic acids is 1. The molecule has 0 radical (unpaired) electrons. The minimum Gasteiger partial charge on any atom is -0.478 e. The number of carbonyl (C=O) groups is 1. The summed E-state index contributed by atoms with van der Waals surface area (Å²) >= 11 is 0. The van der Waals surface area contributed by atoms with Crippen molar-refractivity contribution >= 4 is 21.7 Å². The third-order valence-electron chi connectivity index (χ3n) is 3.74. The van der Waals surface area contributed by atoms with Crippen molar-refractivity contribution in [1.29, 1.82) is 0 Å². The molecule has 1 saturated carbocycles. The number of aromatic amines is 1. The summed E-state index contributed by atoms with van der Waals surface area (Å²) in [5.41, 5.74) is 0.538. The molecular formula is C13H20N2O4S. The van der Waals surface area contributed by atoms with Gasteiger partial charge < -0.3 is 10.1 Å². The Bertz CT molecular complexity index is 586. The summed E-state index contributed by atoms with van der Waals surface area (Å²) in [7, 11) is -3.51. The summed E-state index contributed by atoms with van der Waals surface area (Å²) in [5.74, 6) is -0.898. The normalized spacial score (nSPS) is 17.1. The van der Waals surface area contributed by atoms with Crippen LogP contribution in [0.1, 0.15) is 48.2 Å². The maximum absolute atomic E-state index is 12.1. The van der Waals surface area contributed by atoms with Crippen molar-refractivity contribution in [2.45, 2.75) is 39.0 Å². The summed E-state index contributed by atoms with van der Waals surface area (Å²) in [6.07, 6.45) is 6.56. The average Bonchev–Trinajstić information content (AvgIpc) is 2.70. The van der Waals surface area contributed by atoms with Crippen LogP contribution < -0.4 is 4.72 Å². The zero-order chi connectivity index (χ0) is 14.8. The Labute approximate surface area is 118 Å². The van der Waals surface area contributed by atoms with E-state index in [1.54, 1.807) is 6.92 Å². The fourth-order valence-corrected chi connectivity index (χ4v) is 4.29. The lowest BCUT2D eigenvalue weighted by Crippen LogP contribution is -2.24. The molecule has 112 valence electrons. The molecule has 0 aromatic carbocycles. The van der Waals surface area contributed by atoms with E-state index in [-0.39, 0.29) is 22.9 Å². The van der Waals surface area contributed by atoms with Crippen LogP contribution in [0.4, 0.5) is 5.69 Å². The third-order valence-corrected chi connectivity index (χ3v) is 5.18. The molecule has 1 aliphatic carbocycles. The second-order valence-corrected chi connectivity index (χ2v) is 7.16. The van der Waals surface area contributed by atoms with Crippen molar-refractivity contribution in [1.82, 2.24) is 4.98 Å². The fourth-order valence-electron chi connectivity index (χ4n) is 2.76. The Morgan fingerprint density at radius 1 is 1.40 bits per heavy atom. The molecule has 0 saturated heterocycles. The predicted octanol–water partition coefficient (Wildman–Crippen LogP) is 2.34. The zero-order valence-electron chi connectivity index (χ0n) is 11.5. The first kappa shape index (κ1) is 14.9. The van der Waals surface area contributed by atoms with E-state index in [9.17, 15) is 13.2 Å². The van der Waals surface area contributed by atoms with Crippen LogP contribution in [0.15, 0.2) is 6.20 Å². The maximum atomic E-state index is 12.1. The number of hydrogen-bond donors (Lipinski definition) is 3. The number of rotatable bonds is 5. The minimum absolute atomic E-state index is 0.0165. The molecule has 6 nitrogen and oxygen atoms in total. The molecular weight excluding hydrogens is 280 g/mol. The fraction of sp³-hybridized carbons (Fsp3) is 0.615. The Kier molecular flexibility index (Phi) is 4.37. The molecule has 1 aromatic heterocycles. The summed E-state index contributed by atoms with van der Waals surface area (Å²) in [6.45, 7) is 1.60. The zero-order valence-corrected chi connectivity index (χ0v) is 12.3. The van der Waals surface area contributed by atoms with Gasteiger partial charge >= 0.3 is 5.97 Å². The Morgan fingerprint density at radius 3 is 2.65 bits per heavy atom. The average molecular weight is 300 g/mol. The molecule has 0 unspecified atom stereocenters. The number of aryl methyl sites for hydroxylation is 1. The van der Waals surface area contributed by atoms with Crippen LogP contribution in [-0.2, 0) is 10.0 Å². The molecule has 0 spiro atoms. The predicted molar refractivity (Wildman–Crippen MR) is 76.5 cm³/mol. The Morgan fingerprint density at radius 2 is 2.05 bits per heavy atom. The largest absolute Gasteiger partial charge is 0.478 e. The van der Waals surface area contributed by atoms with Crippen LogP contribution in [0, 0.1) is 12.8 Å². The Balaban J connectivity index is 2.10. The highest BCUT2D eigenvalue weighted by molar-refractivity contribution is 7.92. The van der Waals surface area contributed by atoms with Crippen molar-refractivity contribution in [2.24, 2.45) is 5.92 Å². The Hall–Kier alpha value is -1.50. The van der Waals surface area contributed by atoms with Crippen LogP contribution in [0.2, 0.25) is 0 Å². The number of aromatic carboxylic acids is 1. The highest BCUT2D eigenvalue weighted by Crippen LogP contribution is 2.26. The van der Waals surface area contributed by atoms with Gasteiger partial charge in [0.05, 0.1) is 11.4 Å². The van der Waals surface area contributed by atoms with Gasteiger partial charge in [-0.1, -0.05) is 19.3 Å². The quantitative estimate of drug-likeness (QED) is 0.777. The van der Waals surface area contributed by atoms with Crippen molar-refractivity contribution in [3.05, 3.63) is 17.5 Å². The molecule has 0 aliphatic heterocycles. The van der Waals surface area contributed by atoms with Gasteiger partial charge in [-0.3, -0.25) is 4.72 Å². The first-order valence-corrected chi connectivity index (χ1v) is 8.46.